The van der Waals surface area contributed by atoms with Crippen LogP contribution in [-0.2, 0) is 17.2 Å². The molecule has 1 fully saturated rings. The second-order valence-electron chi connectivity index (χ2n) is 4.98. The van der Waals surface area contributed by atoms with Crippen molar-refractivity contribution in [3.05, 3.63) is 30.1 Å². The third kappa shape index (κ3) is 1.82. The summed E-state index contributed by atoms with van der Waals surface area (Å²) in [6.45, 7) is 0.853. The number of para-hydroxylation sites is 2. The quantitative estimate of drug-likeness (QED) is 0.792. The lowest BCUT2D eigenvalue weighted by atomic mass is 9.80. The van der Waals surface area contributed by atoms with Crippen LogP contribution < -0.4 is 0 Å². The van der Waals surface area contributed by atoms with Crippen molar-refractivity contribution in [1.82, 2.24) is 9.55 Å². The van der Waals surface area contributed by atoms with E-state index in [1.807, 2.05) is 18.2 Å². The molecule has 0 saturated heterocycles. The van der Waals surface area contributed by atoms with Gasteiger partial charge in [-0.1, -0.05) is 12.1 Å². The number of aromatic nitrogens is 2. The summed E-state index contributed by atoms with van der Waals surface area (Å²) < 4.78 is 7.92. The molecular formula is C14H17ClN2O. The molecule has 1 saturated carbocycles. The molecule has 1 aromatic heterocycles. The van der Waals surface area contributed by atoms with E-state index in [9.17, 15) is 0 Å². The first kappa shape index (κ1) is 12.0. The van der Waals surface area contributed by atoms with Crippen LogP contribution in [0.4, 0.5) is 0 Å². The van der Waals surface area contributed by atoms with Gasteiger partial charge in [-0.05, 0) is 31.4 Å². The van der Waals surface area contributed by atoms with Gasteiger partial charge in [0.2, 0.25) is 0 Å². The maximum absolute atomic E-state index is 6.01. The Morgan fingerprint density at radius 1 is 1.39 bits per heavy atom. The predicted molar refractivity (Wildman–Crippen MR) is 72.9 cm³/mol. The van der Waals surface area contributed by atoms with E-state index in [2.05, 4.69) is 15.6 Å². The van der Waals surface area contributed by atoms with Crippen molar-refractivity contribution in [2.45, 2.75) is 37.3 Å². The minimum atomic E-state index is -0.00964. The standard InChI is InChI=1S/C14H17ClN2O/c1-18-14(7-4-8-14)10-17-12-6-3-2-5-11(12)16-13(17)9-15/h2-3,5-6H,4,7-10H2,1H3. The summed E-state index contributed by atoms with van der Waals surface area (Å²) in [6.07, 6.45) is 3.49. The summed E-state index contributed by atoms with van der Waals surface area (Å²) in [5, 5.41) is 0. The number of rotatable bonds is 4. The van der Waals surface area contributed by atoms with Crippen molar-refractivity contribution in [3.8, 4) is 0 Å². The zero-order valence-corrected chi connectivity index (χ0v) is 11.3. The molecule has 1 aromatic carbocycles. The van der Waals surface area contributed by atoms with Gasteiger partial charge in [-0.2, -0.15) is 0 Å². The average molecular weight is 265 g/mol. The van der Waals surface area contributed by atoms with E-state index < -0.39 is 0 Å². The molecule has 0 unspecified atom stereocenters. The Hall–Kier alpha value is -1.06. The van der Waals surface area contributed by atoms with Crippen molar-refractivity contribution in [3.63, 3.8) is 0 Å². The molecule has 0 bridgehead atoms. The molecule has 18 heavy (non-hydrogen) atoms. The summed E-state index contributed by atoms with van der Waals surface area (Å²) in [6, 6.07) is 8.18. The van der Waals surface area contributed by atoms with Crippen LogP contribution in [0.15, 0.2) is 24.3 Å². The Balaban J connectivity index is 2.04. The van der Waals surface area contributed by atoms with Crippen LogP contribution in [0.3, 0.4) is 0 Å². The fraction of sp³-hybridized carbons (Fsp3) is 0.500. The zero-order chi connectivity index (χ0) is 12.6. The Morgan fingerprint density at radius 2 is 2.17 bits per heavy atom. The van der Waals surface area contributed by atoms with Crippen LogP contribution in [-0.4, -0.2) is 22.3 Å². The monoisotopic (exact) mass is 264 g/mol. The highest BCUT2D eigenvalue weighted by Gasteiger charge is 2.38. The second-order valence-corrected chi connectivity index (χ2v) is 5.24. The van der Waals surface area contributed by atoms with Crippen molar-refractivity contribution in [2.24, 2.45) is 0 Å². The first-order chi connectivity index (χ1) is 8.78. The number of hydrogen-bond acceptors (Lipinski definition) is 2. The molecule has 0 radical (unpaired) electrons. The fourth-order valence-electron chi connectivity index (χ4n) is 2.69. The maximum Gasteiger partial charge on any atom is 0.124 e. The topological polar surface area (TPSA) is 27.1 Å². The number of hydrogen-bond donors (Lipinski definition) is 0. The van der Waals surface area contributed by atoms with Gasteiger partial charge in [-0.25, -0.2) is 4.98 Å². The molecule has 0 atom stereocenters. The van der Waals surface area contributed by atoms with Crippen molar-refractivity contribution >= 4 is 22.6 Å². The Kier molecular flexibility index (Phi) is 3.04. The lowest BCUT2D eigenvalue weighted by Crippen LogP contribution is -2.43. The van der Waals surface area contributed by atoms with E-state index in [1.165, 1.54) is 6.42 Å². The number of benzene rings is 1. The number of halogens is 1. The molecule has 3 rings (SSSR count). The van der Waals surface area contributed by atoms with E-state index >= 15 is 0 Å². The first-order valence-electron chi connectivity index (χ1n) is 6.33. The number of ether oxygens (including phenoxy) is 1. The smallest absolute Gasteiger partial charge is 0.124 e. The summed E-state index contributed by atoms with van der Waals surface area (Å²) >= 11 is 6.01. The molecule has 0 N–H and O–H groups in total. The summed E-state index contributed by atoms with van der Waals surface area (Å²) in [7, 11) is 1.80. The Labute approximate surface area is 112 Å². The number of methoxy groups -OCH3 is 1. The number of fused-ring (bicyclic) bond motifs is 1. The van der Waals surface area contributed by atoms with E-state index in [1.54, 1.807) is 7.11 Å². The van der Waals surface area contributed by atoms with Crippen molar-refractivity contribution in [1.29, 1.82) is 0 Å². The van der Waals surface area contributed by atoms with E-state index in [0.29, 0.717) is 5.88 Å². The number of alkyl halides is 1. The van der Waals surface area contributed by atoms with Gasteiger partial charge < -0.3 is 9.30 Å². The molecule has 4 heteroatoms. The molecule has 0 spiro atoms. The van der Waals surface area contributed by atoms with E-state index in [-0.39, 0.29) is 5.60 Å². The Bertz CT molecular complexity index is 554. The van der Waals surface area contributed by atoms with Crippen molar-refractivity contribution < 1.29 is 4.74 Å². The fourth-order valence-corrected chi connectivity index (χ4v) is 2.89. The van der Waals surface area contributed by atoms with Crippen LogP contribution in [0.1, 0.15) is 25.1 Å². The maximum atomic E-state index is 6.01. The number of nitrogens with zero attached hydrogens (tertiary/aromatic N) is 2. The summed E-state index contributed by atoms with van der Waals surface area (Å²) in [5.41, 5.74) is 2.15. The van der Waals surface area contributed by atoms with Gasteiger partial charge in [0.25, 0.3) is 0 Å². The van der Waals surface area contributed by atoms with Gasteiger partial charge in [-0.3, -0.25) is 0 Å². The highest BCUT2D eigenvalue weighted by Crippen LogP contribution is 2.37. The van der Waals surface area contributed by atoms with Crippen molar-refractivity contribution in [2.75, 3.05) is 7.11 Å². The highest BCUT2D eigenvalue weighted by molar-refractivity contribution is 6.16. The van der Waals surface area contributed by atoms with Gasteiger partial charge in [0, 0.05) is 7.11 Å². The Morgan fingerprint density at radius 3 is 2.78 bits per heavy atom. The van der Waals surface area contributed by atoms with Gasteiger partial charge in [0.05, 0.1) is 29.1 Å². The third-order valence-electron chi connectivity index (χ3n) is 4.00. The minimum Gasteiger partial charge on any atom is -0.376 e. The lowest BCUT2D eigenvalue weighted by molar-refractivity contribution is -0.0831. The molecule has 0 amide bonds. The zero-order valence-electron chi connectivity index (χ0n) is 10.5. The van der Waals surface area contributed by atoms with Crippen LogP contribution in [0.2, 0.25) is 0 Å². The minimum absolute atomic E-state index is 0.00964. The average Bonchev–Trinajstić information content (AvgIpc) is 2.71. The molecular weight excluding hydrogens is 248 g/mol. The third-order valence-corrected chi connectivity index (χ3v) is 4.24. The van der Waals surface area contributed by atoms with Gasteiger partial charge >= 0.3 is 0 Å². The molecule has 96 valence electrons. The van der Waals surface area contributed by atoms with Gasteiger partial charge in [0.1, 0.15) is 5.82 Å². The van der Waals surface area contributed by atoms with Gasteiger partial charge in [0.15, 0.2) is 0 Å². The van der Waals surface area contributed by atoms with Crippen LogP contribution in [0.25, 0.3) is 11.0 Å². The molecule has 1 aliphatic carbocycles. The SMILES string of the molecule is COC1(Cn2c(CCl)nc3ccccc32)CCC1. The van der Waals surface area contributed by atoms with E-state index in [0.717, 1.165) is 36.2 Å². The molecule has 1 aliphatic rings. The molecule has 1 heterocycles. The largest absolute Gasteiger partial charge is 0.376 e. The number of imidazole rings is 1. The molecule has 3 nitrogen and oxygen atoms in total. The second kappa shape index (κ2) is 4.56. The van der Waals surface area contributed by atoms with Crippen LogP contribution in [0.5, 0.6) is 0 Å². The lowest BCUT2D eigenvalue weighted by Gasteiger charge is -2.41. The molecule has 0 aliphatic heterocycles. The summed E-state index contributed by atoms with van der Waals surface area (Å²) in [4.78, 5) is 4.58. The highest BCUT2D eigenvalue weighted by atomic mass is 35.5. The first-order valence-corrected chi connectivity index (χ1v) is 6.87. The van der Waals surface area contributed by atoms with Crippen LogP contribution >= 0.6 is 11.6 Å². The normalized spacial score (nSPS) is 17.9. The summed E-state index contributed by atoms with van der Waals surface area (Å²) in [5.74, 6) is 1.37. The molecule has 2 aromatic rings. The van der Waals surface area contributed by atoms with Gasteiger partial charge in [-0.15, -0.1) is 11.6 Å². The van der Waals surface area contributed by atoms with E-state index in [4.69, 9.17) is 16.3 Å². The predicted octanol–water partition coefficient (Wildman–Crippen LogP) is 3.34. The van der Waals surface area contributed by atoms with Crippen LogP contribution in [0, 0.1) is 0 Å².